The number of ether oxygens (including phenoxy) is 2. The zero-order valence-corrected chi connectivity index (χ0v) is 23.1. The number of thiazole rings is 2. The van der Waals surface area contributed by atoms with Gasteiger partial charge in [0.05, 0.1) is 29.5 Å². The van der Waals surface area contributed by atoms with Gasteiger partial charge in [-0.3, -0.25) is 0 Å². The summed E-state index contributed by atoms with van der Waals surface area (Å²) in [4.78, 5) is 20.3. The number of benzene rings is 2. The van der Waals surface area contributed by atoms with Crippen molar-refractivity contribution in [2.45, 2.75) is 30.4 Å². The predicted molar refractivity (Wildman–Crippen MR) is 147 cm³/mol. The van der Waals surface area contributed by atoms with E-state index >= 15 is 0 Å². The van der Waals surface area contributed by atoms with Gasteiger partial charge in [0.1, 0.15) is 12.9 Å². The van der Waals surface area contributed by atoms with Crippen molar-refractivity contribution in [3.63, 3.8) is 0 Å². The highest BCUT2D eigenvalue weighted by Gasteiger charge is 2.28. The van der Waals surface area contributed by atoms with Crippen LogP contribution >= 0.6 is 34.4 Å². The van der Waals surface area contributed by atoms with Crippen molar-refractivity contribution in [3.8, 4) is 15.8 Å². The quantitative estimate of drug-likeness (QED) is 0.114. The third-order valence-electron chi connectivity index (χ3n) is 4.77. The standard InChI is InChI=1S/C17H19N3O2S2.C9H7F3OS/c1-12-15(14-11-23-16(18-2)20-14)24-17(19-12)22-9-8-21-10-13-6-4-3-5-7-13;10-9(11,12)14-8-3-1-7(2-4-8)5-6-13/h3-7,11H,8-10H2,1-2H3,(H,18,20);1-4,6H,5H2. The van der Waals surface area contributed by atoms with Gasteiger partial charge in [0.15, 0.2) is 5.13 Å². The number of aryl methyl sites for hydroxylation is 1. The maximum atomic E-state index is 11.9. The number of hydrogen-bond acceptors (Lipinski definition) is 9. The molecule has 12 heteroatoms. The normalized spacial score (nSPS) is 11.0. The molecule has 2 heterocycles. The summed E-state index contributed by atoms with van der Waals surface area (Å²) < 4.78 is 47.0. The van der Waals surface area contributed by atoms with E-state index in [9.17, 15) is 18.0 Å². The highest BCUT2D eigenvalue weighted by atomic mass is 32.2. The van der Waals surface area contributed by atoms with E-state index in [1.807, 2.05) is 49.7 Å². The Morgan fingerprint density at radius 2 is 1.76 bits per heavy atom. The van der Waals surface area contributed by atoms with Crippen molar-refractivity contribution in [2.75, 3.05) is 25.6 Å². The topological polar surface area (TPSA) is 73.3 Å². The van der Waals surface area contributed by atoms with E-state index in [0.29, 0.717) is 36.9 Å². The summed E-state index contributed by atoms with van der Waals surface area (Å²) in [5.74, 6) is 0. The van der Waals surface area contributed by atoms with E-state index in [0.717, 1.165) is 27.0 Å². The molecule has 0 aliphatic rings. The van der Waals surface area contributed by atoms with E-state index in [-0.39, 0.29) is 23.1 Å². The summed E-state index contributed by atoms with van der Waals surface area (Å²) in [5.41, 5.74) is -0.505. The molecule has 2 aromatic carbocycles. The number of alkyl halides is 3. The molecule has 4 aromatic rings. The van der Waals surface area contributed by atoms with E-state index in [4.69, 9.17) is 9.47 Å². The molecule has 4 rings (SSSR count). The third-order valence-corrected chi connectivity index (χ3v) is 7.46. The van der Waals surface area contributed by atoms with Crippen molar-refractivity contribution < 1.29 is 27.4 Å². The van der Waals surface area contributed by atoms with Crippen LogP contribution in [-0.4, -0.2) is 42.0 Å². The van der Waals surface area contributed by atoms with Crippen molar-refractivity contribution in [2.24, 2.45) is 0 Å². The fourth-order valence-corrected chi connectivity index (χ4v) is 5.22. The van der Waals surface area contributed by atoms with Crippen LogP contribution in [0.1, 0.15) is 16.8 Å². The van der Waals surface area contributed by atoms with Crippen LogP contribution in [0.15, 0.2) is 64.9 Å². The van der Waals surface area contributed by atoms with Crippen LogP contribution in [0.3, 0.4) is 0 Å². The number of aromatic nitrogens is 2. The summed E-state index contributed by atoms with van der Waals surface area (Å²) in [5, 5.41) is 6.63. The van der Waals surface area contributed by atoms with Gasteiger partial charge in [-0.25, -0.2) is 9.97 Å². The lowest BCUT2D eigenvalue weighted by atomic mass is 10.2. The van der Waals surface area contributed by atoms with E-state index in [1.165, 1.54) is 35.6 Å². The van der Waals surface area contributed by atoms with Gasteiger partial charge in [-0.15, -0.1) is 11.3 Å². The van der Waals surface area contributed by atoms with Crippen LogP contribution < -0.4 is 10.1 Å². The number of carbonyl (C=O) groups is 1. The molecule has 0 saturated heterocycles. The molecule has 0 spiro atoms. The Kier molecular flexibility index (Phi) is 11.6. The van der Waals surface area contributed by atoms with E-state index in [2.05, 4.69) is 15.3 Å². The van der Waals surface area contributed by atoms with E-state index < -0.39 is 5.51 Å². The molecule has 0 aliphatic heterocycles. The molecule has 202 valence electrons. The molecule has 0 bridgehead atoms. The lowest BCUT2D eigenvalue weighted by Crippen LogP contribution is -2.06. The molecule has 6 nitrogen and oxygen atoms in total. The summed E-state index contributed by atoms with van der Waals surface area (Å²) in [6.45, 7) is 3.59. The SMILES string of the molecule is CNc1nc(-c2sc(OCCOCc3ccccc3)nc2C)cs1.O=CCc1ccc(SC(F)(F)F)cc1. The molecule has 0 radical (unpaired) electrons. The summed E-state index contributed by atoms with van der Waals surface area (Å²) in [6.07, 6.45) is 0.947. The Hall–Kier alpha value is -2.93. The molecule has 0 atom stereocenters. The fraction of sp³-hybridized carbons (Fsp3) is 0.269. The summed E-state index contributed by atoms with van der Waals surface area (Å²) in [6, 6.07) is 15.9. The Morgan fingerprint density at radius 3 is 2.39 bits per heavy atom. The Bertz CT molecular complexity index is 1260. The third kappa shape index (κ3) is 10.1. The van der Waals surface area contributed by atoms with Crippen LogP contribution in [0.5, 0.6) is 5.19 Å². The van der Waals surface area contributed by atoms with Gasteiger partial charge in [0.25, 0.3) is 5.19 Å². The number of nitrogens with zero attached hydrogens (tertiary/aromatic N) is 2. The lowest BCUT2D eigenvalue weighted by Gasteiger charge is -2.05. The van der Waals surface area contributed by atoms with Crippen LogP contribution in [0.4, 0.5) is 18.3 Å². The van der Waals surface area contributed by atoms with Crippen molar-refractivity contribution in [1.82, 2.24) is 9.97 Å². The average molecular weight is 582 g/mol. The molecule has 1 N–H and O–H groups in total. The average Bonchev–Trinajstić information content (AvgIpc) is 3.51. The maximum absolute atomic E-state index is 11.9. The summed E-state index contributed by atoms with van der Waals surface area (Å²) >= 11 is 2.94. The minimum atomic E-state index is -4.26. The Labute approximate surface area is 231 Å². The second-order valence-corrected chi connectivity index (χ2v) is 10.6. The number of halogens is 3. The smallest absolute Gasteiger partial charge is 0.446 e. The van der Waals surface area contributed by atoms with Crippen LogP contribution in [0.2, 0.25) is 0 Å². The van der Waals surface area contributed by atoms with Crippen LogP contribution in [0, 0.1) is 6.92 Å². The monoisotopic (exact) mass is 581 g/mol. The number of aldehydes is 1. The number of anilines is 1. The van der Waals surface area contributed by atoms with Gasteiger partial charge in [-0.2, -0.15) is 13.2 Å². The van der Waals surface area contributed by atoms with Gasteiger partial charge in [0.2, 0.25) is 0 Å². The number of rotatable bonds is 11. The summed E-state index contributed by atoms with van der Waals surface area (Å²) in [7, 11) is 1.87. The fourth-order valence-electron chi connectivity index (χ4n) is 3.04. The zero-order valence-electron chi connectivity index (χ0n) is 20.7. The van der Waals surface area contributed by atoms with Crippen molar-refractivity contribution >= 4 is 45.9 Å². The largest absolute Gasteiger partial charge is 0.468 e. The highest BCUT2D eigenvalue weighted by Crippen LogP contribution is 2.37. The lowest BCUT2D eigenvalue weighted by molar-refractivity contribution is -0.107. The zero-order chi connectivity index (χ0) is 27.4. The second-order valence-electron chi connectivity index (χ2n) is 7.63. The highest BCUT2D eigenvalue weighted by molar-refractivity contribution is 8.00. The number of nitrogens with one attached hydrogen (secondary N) is 1. The van der Waals surface area contributed by atoms with Gasteiger partial charge < -0.3 is 19.6 Å². The number of thioether (sulfide) groups is 1. The van der Waals surface area contributed by atoms with Gasteiger partial charge >= 0.3 is 5.51 Å². The number of carbonyl (C=O) groups excluding carboxylic acids is 1. The van der Waals surface area contributed by atoms with Gasteiger partial charge in [-0.05, 0) is 41.9 Å². The molecule has 0 fully saturated rings. The Morgan fingerprint density at radius 1 is 1.03 bits per heavy atom. The van der Waals surface area contributed by atoms with Crippen LogP contribution in [-0.2, 0) is 22.6 Å². The molecule has 0 saturated carbocycles. The molecule has 0 amide bonds. The molecule has 38 heavy (non-hydrogen) atoms. The van der Waals surface area contributed by atoms with E-state index in [1.54, 1.807) is 11.3 Å². The molecule has 2 aromatic heterocycles. The molecular formula is C26H26F3N3O3S3. The molecule has 0 unspecified atom stereocenters. The van der Waals surface area contributed by atoms with Gasteiger partial charge in [0, 0.05) is 23.7 Å². The predicted octanol–water partition coefficient (Wildman–Crippen LogP) is 7.25. The van der Waals surface area contributed by atoms with Crippen LogP contribution in [0.25, 0.3) is 10.6 Å². The molecule has 0 aliphatic carbocycles. The number of hydrogen-bond donors (Lipinski definition) is 1. The maximum Gasteiger partial charge on any atom is 0.446 e. The molecular weight excluding hydrogens is 555 g/mol. The first kappa shape index (κ1) is 29.6. The second kappa shape index (κ2) is 14.9. The van der Waals surface area contributed by atoms with Crippen molar-refractivity contribution in [3.05, 3.63) is 76.8 Å². The van der Waals surface area contributed by atoms with Gasteiger partial charge in [-0.1, -0.05) is 53.8 Å². The first-order valence-electron chi connectivity index (χ1n) is 11.4. The van der Waals surface area contributed by atoms with Crippen molar-refractivity contribution in [1.29, 1.82) is 0 Å². The Balaban J connectivity index is 0.000000244. The first-order valence-corrected chi connectivity index (χ1v) is 13.9. The minimum absolute atomic E-state index is 0.132. The first-order chi connectivity index (χ1) is 18.3. The minimum Gasteiger partial charge on any atom is -0.468 e.